The van der Waals surface area contributed by atoms with Gasteiger partial charge in [-0.2, -0.15) is 5.26 Å². The molecule has 0 aromatic carbocycles. The molecular formula is C17H24N2O. The predicted octanol–water partition coefficient (Wildman–Crippen LogP) is 2.94. The third kappa shape index (κ3) is 1.89. The lowest BCUT2D eigenvalue weighted by Gasteiger charge is -2.60. The fraction of sp³-hybridized carbons (Fsp3) is 0.824. The van der Waals surface area contributed by atoms with Crippen LogP contribution in [0.5, 0.6) is 0 Å². The molecule has 1 saturated heterocycles. The monoisotopic (exact) mass is 272 g/mol. The van der Waals surface area contributed by atoms with Crippen LogP contribution in [-0.2, 0) is 4.74 Å². The zero-order valence-electron chi connectivity index (χ0n) is 12.2. The third-order valence-corrected chi connectivity index (χ3v) is 6.35. The van der Waals surface area contributed by atoms with Gasteiger partial charge in [-0.25, -0.2) is 0 Å². The van der Waals surface area contributed by atoms with E-state index in [1.165, 1.54) is 38.5 Å². The van der Waals surface area contributed by atoms with Crippen molar-refractivity contribution in [1.82, 2.24) is 4.90 Å². The van der Waals surface area contributed by atoms with Crippen LogP contribution < -0.4 is 0 Å². The number of ether oxygens (including phenoxy) is 1. The largest absolute Gasteiger partial charge is 0.374 e. The van der Waals surface area contributed by atoms with E-state index in [0.717, 1.165) is 37.5 Å². The van der Waals surface area contributed by atoms with Gasteiger partial charge in [0.05, 0.1) is 12.7 Å². The number of rotatable bonds is 2. The molecule has 0 aromatic heterocycles. The molecular weight excluding hydrogens is 248 g/mol. The van der Waals surface area contributed by atoms with E-state index in [2.05, 4.69) is 17.5 Å². The Morgan fingerprint density at radius 2 is 1.75 bits per heavy atom. The third-order valence-electron chi connectivity index (χ3n) is 6.35. The van der Waals surface area contributed by atoms with Gasteiger partial charge >= 0.3 is 0 Å². The molecule has 5 rings (SSSR count). The van der Waals surface area contributed by atoms with E-state index in [1.54, 1.807) is 0 Å². The molecule has 1 heterocycles. The van der Waals surface area contributed by atoms with E-state index in [4.69, 9.17) is 10.00 Å². The highest BCUT2D eigenvalue weighted by molar-refractivity contribution is 5.16. The average Bonchev–Trinajstić information content (AvgIpc) is 2.45. The molecule has 0 aromatic rings. The van der Waals surface area contributed by atoms with Crippen molar-refractivity contribution in [3.8, 4) is 6.07 Å². The Hall–Kier alpha value is -1.01. The molecule has 4 aliphatic carbocycles. The molecule has 20 heavy (non-hydrogen) atoms. The SMILES string of the molecule is C=C(C#N)N1CCOC(C23CC4CC(CC(C4)C2)C3)C1. The molecule has 1 unspecified atom stereocenters. The summed E-state index contributed by atoms with van der Waals surface area (Å²) < 4.78 is 6.20. The number of hydrogen-bond acceptors (Lipinski definition) is 3. The van der Waals surface area contributed by atoms with Crippen molar-refractivity contribution in [2.24, 2.45) is 23.2 Å². The highest BCUT2D eigenvalue weighted by Crippen LogP contribution is 2.62. The number of hydrogen-bond donors (Lipinski definition) is 0. The highest BCUT2D eigenvalue weighted by Gasteiger charge is 2.55. The molecule has 4 saturated carbocycles. The summed E-state index contributed by atoms with van der Waals surface area (Å²) in [6.45, 7) is 6.36. The summed E-state index contributed by atoms with van der Waals surface area (Å²) in [6.07, 6.45) is 8.86. The summed E-state index contributed by atoms with van der Waals surface area (Å²) in [4.78, 5) is 2.15. The van der Waals surface area contributed by atoms with Gasteiger partial charge in [0.15, 0.2) is 0 Å². The summed E-state index contributed by atoms with van der Waals surface area (Å²) in [6, 6.07) is 2.20. The van der Waals surface area contributed by atoms with Gasteiger partial charge in [0.1, 0.15) is 11.8 Å². The maximum Gasteiger partial charge on any atom is 0.116 e. The van der Waals surface area contributed by atoms with Crippen molar-refractivity contribution in [3.63, 3.8) is 0 Å². The van der Waals surface area contributed by atoms with E-state index in [-0.39, 0.29) is 0 Å². The van der Waals surface area contributed by atoms with Gasteiger partial charge in [0.25, 0.3) is 0 Å². The molecule has 1 aliphatic heterocycles. The second kappa shape index (κ2) is 4.49. The number of allylic oxidation sites excluding steroid dienone is 1. The standard InChI is InChI=1S/C17H24N2O/c1-12(10-18)19-2-3-20-16(11-19)17-7-13-4-14(8-17)6-15(5-13)9-17/h13-16H,1-9,11H2. The second-order valence-corrected chi connectivity index (χ2v) is 7.64. The Morgan fingerprint density at radius 1 is 1.15 bits per heavy atom. The quantitative estimate of drug-likeness (QED) is 0.725. The molecule has 5 aliphatic rings. The van der Waals surface area contributed by atoms with Crippen LogP contribution in [0.4, 0.5) is 0 Å². The predicted molar refractivity (Wildman–Crippen MR) is 76.7 cm³/mol. The molecule has 0 N–H and O–H groups in total. The van der Waals surface area contributed by atoms with Gasteiger partial charge in [-0.15, -0.1) is 0 Å². The summed E-state index contributed by atoms with van der Waals surface area (Å²) in [5, 5.41) is 9.08. The molecule has 3 heteroatoms. The van der Waals surface area contributed by atoms with Crippen molar-refractivity contribution >= 4 is 0 Å². The summed E-state index contributed by atoms with van der Waals surface area (Å²) in [7, 11) is 0. The van der Waals surface area contributed by atoms with E-state index < -0.39 is 0 Å². The van der Waals surface area contributed by atoms with Crippen molar-refractivity contribution in [1.29, 1.82) is 5.26 Å². The van der Waals surface area contributed by atoms with Crippen LogP contribution >= 0.6 is 0 Å². The molecule has 0 radical (unpaired) electrons. The maximum absolute atomic E-state index is 9.08. The zero-order chi connectivity index (χ0) is 13.7. The van der Waals surface area contributed by atoms with E-state index in [1.807, 2.05) is 0 Å². The Balaban J connectivity index is 1.55. The molecule has 3 nitrogen and oxygen atoms in total. The number of nitrogens with zero attached hydrogens (tertiary/aromatic N) is 2. The Bertz CT molecular complexity index is 429. The van der Waals surface area contributed by atoms with Crippen LogP contribution in [0.25, 0.3) is 0 Å². The summed E-state index contributed by atoms with van der Waals surface area (Å²) in [5.74, 6) is 2.87. The van der Waals surface area contributed by atoms with Gasteiger partial charge in [0.2, 0.25) is 0 Å². The van der Waals surface area contributed by atoms with E-state index >= 15 is 0 Å². The average molecular weight is 272 g/mol. The molecule has 5 fully saturated rings. The first-order chi connectivity index (χ1) is 9.68. The normalized spacial score (nSPS) is 46.2. The molecule has 1 atom stereocenters. The fourth-order valence-electron chi connectivity index (χ4n) is 5.91. The van der Waals surface area contributed by atoms with Crippen LogP contribution in [0, 0.1) is 34.5 Å². The number of morpholine rings is 1. The van der Waals surface area contributed by atoms with Crippen molar-refractivity contribution < 1.29 is 4.74 Å². The Kier molecular flexibility index (Phi) is 2.86. The van der Waals surface area contributed by atoms with Crippen LogP contribution in [0.2, 0.25) is 0 Å². The van der Waals surface area contributed by atoms with Crippen molar-refractivity contribution in [3.05, 3.63) is 12.3 Å². The Labute approximate surface area is 121 Å². The van der Waals surface area contributed by atoms with Crippen LogP contribution in [0.15, 0.2) is 12.3 Å². The fourth-order valence-corrected chi connectivity index (χ4v) is 5.91. The van der Waals surface area contributed by atoms with Crippen molar-refractivity contribution in [2.75, 3.05) is 19.7 Å². The van der Waals surface area contributed by atoms with Crippen molar-refractivity contribution in [2.45, 2.75) is 44.6 Å². The topological polar surface area (TPSA) is 36.3 Å². The van der Waals surface area contributed by atoms with E-state index in [9.17, 15) is 0 Å². The van der Waals surface area contributed by atoms with Gasteiger partial charge in [-0.1, -0.05) is 6.58 Å². The van der Waals surface area contributed by atoms with Gasteiger partial charge in [0, 0.05) is 13.1 Å². The second-order valence-electron chi connectivity index (χ2n) is 7.64. The van der Waals surface area contributed by atoms with Crippen LogP contribution in [0.3, 0.4) is 0 Å². The van der Waals surface area contributed by atoms with Crippen LogP contribution in [-0.4, -0.2) is 30.7 Å². The smallest absolute Gasteiger partial charge is 0.116 e. The minimum atomic E-state index is 0.328. The van der Waals surface area contributed by atoms with Crippen LogP contribution in [0.1, 0.15) is 38.5 Å². The first-order valence-corrected chi connectivity index (χ1v) is 8.14. The molecule has 0 amide bonds. The molecule has 4 bridgehead atoms. The minimum absolute atomic E-state index is 0.328. The summed E-state index contributed by atoms with van der Waals surface area (Å²) in [5.41, 5.74) is 1.03. The lowest BCUT2D eigenvalue weighted by Crippen LogP contribution is -2.57. The number of nitriles is 1. The Morgan fingerprint density at radius 3 is 2.30 bits per heavy atom. The lowest BCUT2D eigenvalue weighted by molar-refractivity contribution is -0.162. The van der Waals surface area contributed by atoms with Gasteiger partial charge in [-0.3, -0.25) is 0 Å². The first-order valence-electron chi connectivity index (χ1n) is 8.14. The lowest BCUT2D eigenvalue weighted by atomic mass is 9.48. The van der Waals surface area contributed by atoms with Gasteiger partial charge in [-0.05, 0) is 61.7 Å². The van der Waals surface area contributed by atoms with Gasteiger partial charge < -0.3 is 9.64 Å². The molecule has 108 valence electrons. The summed E-state index contributed by atoms with van der Waals surface area (Å²) >= 11 is 0. The first kappa shape index (κ1) is 12.7. The maximum atomic E-state index is 9.08. The highest BCUT2D eigenvalue weighted by atomic mass is 16.5. The minimum Gasteiger partial charge on any atom is -0.374 e. The van der Waals surface area contributed by atoms with E-state index in [0.29, 0.717) is 17.2 Å². The zero-order valence-corrected chi connectivity index (χ0v) is 12.2. The molecule has 0 spiro atoms.